The maximum Gasteiger partial charge on any atom is 0.243 e. The van der Waals surface area contributed by atoms with E-state index in [1.54, 1.807) is 30.3 Å². The van der Waals surface area contributed by atoms with Gasteiger partial charge in [-0.1, -0.05) is 18.2 Å². The Labute approximate surface area is 120 Å². The maximum atomic E-state index is 12.4. The summed E-state index contributed by atoms with van der Waals surface area (Å²) >= 11 is 0. The molecule has 6 heteroatoms. The van der Waals surface area contributed by atoms with E-state index in [9.17, 15) is 13.2 Å². The van der Waals surface area contributed by atoms with Crippen LogP contribution in [0.2, 0.25) is 0 Å². The lowest BCUT2D eigenvalue weighted by molar-refractivity contribution is -0.126. The molecule has 110 valence electrons. The van der Waals surface area contributed by atoms with Gasteiger partial charge in [0.25, 0.3) is 0 Å². The average Bonchev–Trinajstić information content (AvgIpc) is 2.48. The van der Waals surface area contributed by atoms with Crippen LogP contribution in [0.1, 0.15) is 19.8 Å². The van der Waals surface area contributed by atoms with Crippen molar-refractivity contribution in [2.45, 2.75) is 24.7 Å². The molecule has 1 fully saturated rings. The lowest BCUT2D eigenvalue weighted by atomic mass is 9.97. The molecule has 1 aromatic carbocycles. The number of carbonyl (C=O) groups is 1. The van der Waals surface area contributed by atoms with E-state index in [1.165, 1.54) is 4.31 Å². The Kier molecular flexibility index (Phi) is 4.77. The lowest BCUT2D eigenvalue weighted by Gasteiger charge is -2.30. The van der Waals surface area contributed by atoms with Crippen molar-refractivity contribution in [3.8, 4) is 0 Å². The van der Waals surface area contributed by atoms with Gasteiger partial charge in [0.1, 0.15) is 0 Å². The number of amides is 1. The second-order valence-electron chi connectivity index (χ2n) is 4.89. The second kappa shape index (κ2) is 6.37. The molecule has 0 aromatic heterocycles. The fourth-order valence-corrected chi connectivity index (χ4v) is 3.91. The quantitative estimate of drug-likeness (QED) is 0.908. The molecular weight excluding hydrogens is 276 g/mol. The minimum Gasteiger partial charge on any atom is -0.356 e. The molecule has 1 aliphatic heterocycles. The van der Waals surface area contributed by atoms with Crippen LogP contribution in [0.15, 0.2) is 35.2 Å². The van der Waals surface area contributed by atoms with Gasteiger partial charge in [-0.05, 0) is 31.9 Å². The number of nitrogens with one attached hydrogen (secondary N) is 1. The summed E-state index contributed by atoms with van der Waals surface area (Å²) in [6.45, 7) is 3.30. The number of benzene rings is 1. The summed E-state index contributed by atoms with van der Waals surface area (Å²) in [5.74, 6) is -0.0403. The normalized spacial score (nSPS) is 17.9. The highest BCUT2D eigenvalue weighted by atomic mass is 32.2. The Morgan fingerprint density at radius 3 is 2.40 bits per heavy atom. The van der Waals surface area contributed by atoms with Crippen molar-refractivity contribution in [2.75, 3.05) is 19.6 Å². The molecule has 1 amide bonds. The SMILES string of the molecule is CCNC(=O)C1CCN(S(=O)(=O)c2ccccc2)CC1. The highest BCUT2D eigenvalue weighted by Gasteiger charge is 2.31. The van der Waals surface area contributed by atoms with E-state index in [-0.39, 0.29) is 11.8 Å². The first-order valence-electron chi connectivity index (χ1n) is 6.88. The minimum absolute atomic E-state index is 0.0317. The highest BCUT2D eigenvalue weighted by Crippen LogP contribution is 2.23. The fraction of sp³-hybridized carbons (Fsp3) is 0.500. The van der Waals surface area contributed by atoms with Crippen molar-refractivity contribution in [3.05, 3.63) is 30.3 Å². The zero-order valence-corrected chi connectivity index (χ0v) is 12.4. The van der Waals surface area contributed by atoms with Crippen LogP contribution in [-0.2, 0) is 14.8 Å². The maximum absolute atomic E-state index is 12.4. The zero-order valence-electron chi connectivity index (χ0n) is 11.6. The van der Waals surface area contributed by atoms with Crippen molar-refractivity contribution in [2.24, 2.45) is 5.92 Å². The van der Waals surface area contributed by atoms with Gasteiger partial charge in [-0.25, -0.2) is 8.42 Å². The standard InChI is InChI=1S/C14H20N2O3S/c1-2-15-14(17)12-8-10-16(11-9-12)20(18,19)13-6-4-3-5-7-13/h3-7,12H,2,8-11H2,1H3,(H,15,17). The van der Waals surface area contributed by atoms with Crippen molar-refractivity contribution in [3.63, 3.8) is 0 Å². The average molecular weight is 296 g/mol. The van der Waals surface area contributed by atoms with Crippen LogP contribution in [0.25, 0.3) is 0 Å². The minimum atomic E-state index is -3.42. The van der Waals surface area contributed by atoms with Gasteiger partial charge in [-0.2, -0.15) is 4.31 Å². The van der Waals surface area contributed by atoms with E-state index < -0.39 is 10.0 Å². The third-order valence-electron chi connectivity index (χ3n) is 3.56. The molecule has 0 saturated carbocycles. The van der Waals surface area contributed by atoms with Crippen molar-refractivity contribution < 1.29 is 13.2 Å². The summed E-state index contributed by atoms with van der Waals surface area (Å²) in [4.78, 5) is 12.1. The summed E-state index contributed by atoms with van der Waals surface area (Å²) in [6, 6.07) is 8.43. The van der Waals surface area contributed by atoms with Gasteiger partial charge >= 0.3 is 0 Å². The molecule has 1 heterocycles. The number of nitrogens with zero attached hydrogens (tertiary/aromatic N) is 1. The number of rotatable bonds is 4. The monoisotopic (exact) mass is 296 g/mol. The van der Waals surface area contributed by atoms with Gasteiger partial charge < -0.3 is 5.32 Å². The third kappa shape index (κ3) is 3.19. The summed E-state index contributed by atoms with van der Waals surface area (Å²) in [5.41, 5.74) is 0. The predicted molar refractivity (Wildman–Crippen MR) is 76.6 cm³/mol. The van der Waals surface area contributed by atoms with E-state index in [4.69, 9.17) is 0 Å². The van der Waals surface area contributed by atoms with Crippen molar-refractivity contribution in [1.29, 1.82) is 0 Å². The van der Waals surface area contributed by atoms with Crippen LogP contribution in [0.3, 0.4) is 0 Å². The van der Waals surface area contributed by atoms with Gasteiger partial charge in [-0.3, -0.25) is 4.79 Å². The van der Waals surface area contributed by atoms with Gasteiger partial charge in [0.05, 0.1) is 4.90 Å². The summed E-state index contributed by atoms with van der Waals surface area (Å²) < 4.78 is 26.3. The Balaban J connectivity index is 2.02. The first-order chi connectivity index (χ1) is 9.55. The molecule has 0 aliphatic carbocycles. The number of sulfonamides is 1. The molecular formula is C14H20N2O3S. The number of hydrogen-bond donors (Lipinski definition) is 1. The first-order valence-corrected chi connectivity index (χ1v) is 8.32. The summed E-state index contributed by atoms with van der Waals surface area (Å²) in [7, 11) is -3.42. The lowest BCUT2D eigenvalue weighted by Crippen LogP contribution is -2.42. The van der Waals surface area contributed by atoms with E-state index in [0.717, 1.165) is 0 Å². The topological polar surface area (TPSA) is 66.5 Å². The smallest absolute Gasteiger partial charge is 0.243 e. The van der Waals surface area contributed by atoms with Crippen LogP contribution in [0.4, 0.5) is 0 Å². The molecule has 1 aliphatic rings. The zero-order chi connectivity index (χ0) is 14.6. The molecule has 0 unspecified atom stereocenters. The van der Waals surface area contributed by atoms with Gasteiger partial charge in [0, 0.05) is 25.6 Å². The largest absolute Gasteiger partial charge is 0.356 e. The Morgan fingerprint density at radius 1 is 1.25 bits per heavy atom. The Morgan fingerprint density at radius 2 is 1.85 bits per heavy atom. The van der Waals surface area contributed by atoms with Crippen LogP contribution in [0.5, 0.6) is 0 Å². The number of piperidine rings is 1. The first kappa shape index (κ1) is 15.0. The molecule has 2 rings (SSSR count). The molecule has 0 radical (unpaired) electrons. The molecule has 5 nitrogen and oxygen atoms in total. The molecule has 20 heavy (non-hydrogen) atoms. The fourth-order valence-electron chi connectivity index (χ4n) is 2.42. The molecule has 0 bridgehead atoms. The van der Waals surface area contributed by atoms with Crippen molar-refractivity contribution >= 4 is 15.9 Å². The third-order valence-corrected chi connectivity index (χ3v) is 5.47. The highest BCUT2D eigenvalue weighted by molar-refractivity contribution is 7.89. The summed E-state index contributed by atoms with van der Waals surface area (Å²) in [6.07, 6.45) is 1.16. The van der Waals surface area contributed by atoms with Gasteiger partial charge in [0.15, 0.2) is 0 Å². The Hall–Kier alpha value is -1.40. The van der Waals surface area contributed by atoms with Crippen LogP contribution < -0.4 is 5.32 Å². The number of carbonyl (C=O) groups excluding carboxylic acids is 1. The van der Waals surface area contributed by atoms with E-state index >= 15 is 0 Å². The summed E-state index contributed by atoms with van der Waals surface area (Å²) in [5, 5.41) is 2.79. The van der Waals surface area contributed by atoms with Gasteiger partial charge in [-0.15, -0.1) is 0 Å². The molecule has 0 atom stereocenters. The molecule has 1 aromatic rings. The van der Waals surface area contributed by atoms with Crippen LogP contribution in [-0.4, -0.2) is 38.3 Å². The Bertz CT molecular complexity index is 549. The molecule has 1 saturated heterocycles. The van der Waals surface area contributed by atoms with Crippen LogP contribution in [0, 0.1) is 5.92 Å². The second-order valence-corrected chi connectivity index (χ2v) is 6.82. The van der Waals surface area contributed by atoms with E-state index in [0.29, 0.717) is 37.4 Å². The molecule has 1 N–H and O–H groups in total. The predicted octanol–water partition coefficient (Wildman–Crippen LogP) is 1.22. The number of hydrogen-bond acceptors (Lipinski definition) is 3. The van der Waals surface area contributed by atoms with Gasteiger partial charge in [0.2, 0.25) is 15.9 Å². The molecule has 0 spiro atoms. The van der Waals surface area contributed by atoms with Crippen molar-refractivity contribution in [1.82, 2.24) is 9.62 Å². The van der Waals surface area contributed by atoms with E-state index in [2.05, 4.69) is 5.32 Å². The van der Waals surface area contributed by atoms with Crippen LogP contribution >= 0.6 is 0 Å². The van der Waals surface area contributed by atoms with E-state index in [1.807, 2.05) is 6.92 Å².